The van der Waals surface area contributed by atoms with Crippen molar-refractivity contribution in [2.75, 3.05) is 26.3 Å². The number of unbranched alkanes of at least 4 members (excludes halogenated alkanes) is 1. The molecule has 0 atom stereocenters. The Morgan fingerprint density at radius 1 is 1.25 bits per heavy atom. The Bertz CT molecular complexity index is 300. The summed E-state index contributed by atoms with van der Waals surface area (Å²) in [6.45, 7) is 9.54. The molecule has 0 spiro atoms. The maximum absolute atomic E-state index is 12.1. The fourth-order valence-electron chi connectivity index (χ4n) is 1.62. The first-order valence-corrected chi connectivity index (χ1v) is 7.14. The highest BCUT2D eigenvalue weighted by Crippen LogP contribution is 2.13. The lowest BCUT2D eigenvalue weighted by atomic mass is 10.1. The monoisotopic (exact) mass is 288 g/mol. The van der Waals surface area contributed by atoms with E-state index in [1.807, 2.05) is 20.8 Å². The van der Waals surface area contributed by atoms with Crippen LogP contribution in [0.4, 0.5) is 4.79 Å². The summed E-state index contributed by atoms with van der Waals surface area (Å²) in [6.07, 6.45) is 2.04. The van der Waals surface area contributed by atoms with E-state index in [0.717, 1.165) is 12.8 Å². The number of nitrogens with one attached hydrogen (secondary N) is 1. The molecular formula is C14H28N2O4. The Morgan fingerprint density at radius 2 is 1.90 bits per heavy atom. The molecule has 2 N–H and O–H groups in total. The standard InChI is InChI=1S/C14H28N2O4/c1-5-6-10-20-11-8-15-13(19)16(14(2,3)4)9-7-12(17)18/h5-11H2,1-4H3,(H,15,19)(H,17,18). The van der Waals surface area contributed by atoms with E-state index in [2.05, 4.69) is 12.2 Å². The second-order valence-electron chi connectivity index (χ2n) is 5.66. The van der Waals surface area contributed by atoms with Gasteiger partial charge in [0.05, 0.1) is 13.0 Å². The first kappa shape index (κ1) is 18.7. The summed E-state index contributed by atoms with van der Waals surface area (Å²) in [5, 5.41) is 11.5. The zero-order chi connectivity index (χ0) is 15.6. The lowest BCUT2D eigenvalue weighted by Gasteiger charge is -2.35. The topological polar surface area (TPSA) is 78.9 Å². The van der Waals surface area contributed by atoms with Gasteiger partial charge < -0.3 is 20.1 Å². The minimum absolute atomic E-state index is 0.0578. The molecule has 0 aromatic rings. The summed E-state index contributed by atoms with van der Waals surface area (Å²) in [7, 11) is 0. The second kappa shape index (κ2) is 9.58. The van der Waals surface area contributed by atoms with E-state index in [-0.39, 0.29) is 19.0 Å². The molecule has 20 heavy (non-hydrogen) atoms. The molecule has 0 saturated carbocycles. The number of carbonyl (C=O) groups is 2. The van der Waals surface area contributed by atoms with Crippen molar-refractivity contribution in [3.05, 3.63) is 0 Å². The highest BCUT2D eigenvalue weighted by atomic mass is 16.5. The van der Waals surface area contributed by atoms with E-state index in [1.54, 1.807) is 0 Å². The van der Waals surface area contributed by atoms with Gasteiger partial charge in [-0.1, -0.05) is 13.3 Å². The lowest BCUT2D eigenvalue weighted by Crippen LogP contribution is -2.51. The predicted molar refractivity (Wildman–Crippen MR) is 77.8 cm³/mol. The Kier molecular flexibility index (Phi) is 8.96. The fraction of sp³-hybridized carbons (Fsp3) is 0.857. The van der Waals surface area contributed by atoms with Crippen LogP contribution in [0.3, 0.4) is 0 Å². The van der Waals surface area contributed by atoms with E-state index in [4.69, 9.17) is 9.84 Å². The molecule has 0 heterocycles. The average Bonchev–Trinajstić information content (AvgIpc) is 2.31. The highest BCUT2D eigenvalue weighted by molar-refractivity contribution is 5.76. The number of carboxylic acid groups (broad SMARTS) is 1. The molecule has 6 heteroatoms. The third-order valence-corrected chi connectivity index (χ3v) is 2.77. The maximum atomic E-state index is 12.1. The first-order chi connectivity index (χ1) is 9.29. The number of amides is 2. The van der Waals surface area contributed by atoms with Gasteiger partial charge in [-0.25, -0.2) is 4.79 Å². The number of urea groups is 1. The summed E-state index contributed by atoms with van der Waals surface area (Å²) in [4.78, 5) is 24.2. The number of rotatable bonds is 9. The maximum Gasteiger partial charge on any atom is 0.317 e. The predicted octanol–water partition coefficient (Wildman–Crippen LogP) is 2.09. The van der Waals surface area contributed by atoms with Crippen LogP contribution in [0.1, 0.15) is 47.0 Å². The smallest absolute Gasteiger partial charge is 0.317 e. The number of nitrogens with zero attached hydrogens (tertiary/aromatic N) is 1. The van der Waals surface area contributed by atoms with Gasteiger partial charge in [-0.15, -0.1) is 0 Å². The van der Waals surface area contributed by atoms with E-state index >= 15 is 0 Å². The molecule has 0 aromatic carbocycles. The van der Waals surface area contributed by atoms with Crippen LogP contribution in [0, 0.1) is 0 Å². The fourth-order valence-corrected chi connectivity index (χ4v) is 1.62. The number of carbonyl (C=O) groups excluding carboxylic acids is 1. The SMILES string of the molecule is CCCCOCCNC(=O)N(CCC(=O)O)C(C)(C)C. The van der Waals surface area contributed by atoms with Crippen molar-refractivity contribution in [3.63, 3.8) is 0 Å². The van der Waals surface area contributed by atoms with Crippen molar-refractivity contribution in [2.24, 2.45) is 0 Å². The highest BCUT2D eigenvalue weighted by Gasteiger charge is 2.26. The Morgan fingerprint density at radius 3 is 2.40 bits per heavy atom. The van der Waals surface area contributed by atoms with Crippen molar-refractivity contribution < 1.29 is 19.4 Å². The van der Waals surface area contributed by atoms with Crippen LogP contribution < -0.4 is 5.32 Å². The Labute approximate surface area is 121 Å². The van der Waals surface area contributed by atoms with Crippen molar-refractivity contribution in [2.45, 2.75) is 52.5 Å². The largest absolute Gasteiger partial charge is 0.481 e. The van der Waals surface area contributed by atoms with Crippen molar-refractivity contribution >= 4 is 12.0 Å². The average molecular weight is 288 g/mol. The summed E-state index contributed by atoms with van der Waals surface area (Å²) >= 11 is 0. The molecule has 0 bridgehead atoms. The molecule has 6 nitrogen and oxygen atoms in total. The van der Waals surface area contributed by atoms with E-state index in [9.17, 15) is 9.59 Å². The van der Waals surface area contributed by atoms with Crippen molar-refractivity contribution in [1.82, 2.24) is 10.2 Å². The van der Waals surface area contributed by atoms with Gasteiger partial charge in [0.15, 0.2) is 0 Å². The second-order valence-corrected chi connectivity index (χ2v) is 5.66. The van der Waals surface area contributed by atoms with Gasteiger partial charge in [0.1, 0.15) is 0 Å². The minimum Gasteiger partial charge on any atom is -0.481 e. The number of aliphatic carboxylic acids is 1. The van der Waals surface area contributed by atoms with Gasteiger partial charge in [-0.3, -0.25) is 4.79 Å². The molecular weight excluding hydrogens is 260 g/mol. The minimum atomic E-state index is -0.907. The zero-order valence-electron chi connectivity index (χ0n) is 13.1. The molecule has 0 rings (SSSR count). The number of carboxylic acids is 1. The van der Waals surface area contributed by atoms with Crippen LogP contribution in [-0.4, -0.2) is 53.8 Å². The van der Waals surface area contributed by atoms with Gasteiger partial charge in [-0.2, -0.15) is 0 Å². The third-order valence-electron chi connectivity index (χ3n) is 2.77. The van der Waals surface area contributed by atoms with E-state index < -0.39 is 11.5 Å². The van der Waals surface area contributed by atoms with Crippen LogP contribution in [0.15, 0.2) is 0 Å². The first-order valence-electron chi connectivity index (χ1n) is 7.14. The normalized spacial score (nSPS) is 11.2. The van der Waals surface area contributed by atoms with Crippen LogP contribution in [0.2, 0.25) is 0 Å². The number of hydrogen-bond acceptors (Lipinski definition) is 3. The molecule has 0 aromatic heterocycles. The zero-order valence-corrected chi connectivity index (χ0v) is 13.1. The summed E-state index contributed by atoms with van der Waals surface area (Å²) < 4.78 is 5.36. The molecule has 0 unspecified atom stereocenters. The van der Waals surface area contributed by atoms with E-state index in [1.165, 1.54) is 4.90 Å². The van der Waals surface area contributed by atoms with Gasteiger partial charge >= 0.3 is 12.0 Å². The van der Waals surface area contributed by atoms with Crippen LogP contribution in [-0.2, 0) is 9.53 Å². The van der Waals surface area contributed by atoms with Crippen LogP contribution in [0.25, 0.3) is 0 Å². The third kappa shape index (κ3) is 8.74. The Balaban J connectivity index is 4.11. The van der Waals surface area contributed by atoms with E-state index in [0.29, 0.717) is 19.8 Å². The summed E-state index contributed by atoms with van der Waals surface area (Å²) in [5.41, 5.74) is -0.414. The summed E-state index contributed by atoms with van der Waals surface area (Å²) in [6, 6.07) is -0.252. The summed E-state index contributed by atoms with van der Waals surface area (Å²) in [5.74, 6) is -0.907. The molecule has 0 aliphatic rings. The number of hydrogen-bond donors (Lipinski definition) is 2. The van der Waals surface area contributed by atoms with Gasteiger partial charge in [0.25, 0.3) is 0 Å². The quantitative estimate of drug-likeness (QED) is 0.637. The molecule has 0 radical (unpaired) electrons. The van der Waals surface area contributed by atoms with Crippen molar-refractivity contribution in [3.8, 4) is 0 Å². The number of ether oxygens (including phenoxy) is 1. The molecule has 0 fully saturated rings. The lowest BCUT2D eigenvalue weighted by molar-refractivity contribution is -0.137. The van der Waals surface area contributed by atoms with Crippen molar-refractivity contribution in [1.29, 1.82) is 0 Å². The van der Waals surface area contributed by atoms with Crippen LogP contribution in [0.5, 0.6) is 0 Å². The molecule has 2 amide bonds. The molecule has 0 saturated heterocycles. The van der Waals surface area contributed by atoms with Crippen LogP contribution >= 0.6 is 0 Å². The molecule has 0 aliphatic carbocycles. The van der Waals surface area contributed by atoms with Gasteiger partial charge in [-0.05, 0) is 27.2 Å². The molecule has 0 aliphatic heterocycles. The van der Waals surface area contributed by atoms with Gasteiger partial charge in [0.2, 0.25) is 0 Å². The molecule has 118 valence electrons. The Hall–Kier alpha value is -1.30. The van der Waals surface area contributed by atoms with Gasteiger partial charge in [0, 0.05) is 25.2 Å².